The van der Waals surface area contributed by atoms with Crippen LogP contribution in [0.1, 0.15) is 73.9 Å². The van der Waals surface area contributed by atoms with Crippen LogP contribution in [0.4, 0.5) is 0 Å². The first kappa shape index (κ1) is 18.4. The van der Waals surface area contributed by atoms with Crippen molar-refractivity contribution in [3.05, 3.63) is 71.3 Å². The molecule has 26 heavy (non-hydrogen) atoms. The maximum atomic E-state index is 12.3. The standard InChI is InChI=1S/C23H28N2O/c1-23(2,3)20-13-9-19(10-14-20)22(26)25-24-21-15-11-18(12-16-21)17-7-5-4-6-8-17/h4-10,13-14,18H,11-12,15-16H2,1-3H3,(H,25,26). The highest BCUT2D eigenvalue weighted by atomic mass is 16.2. The van der Waals surface area contributed by atoms with Gasteiger partial charge in [-0.1, -0.05) is 63.2 Å². The van der Waals surface area contributed by atoms with Crippen molar-refractivity contribution in [1.29, 1.82) is 0 Å². The molecule has 1 aliphatic carbocycles. The fraction of sp³-hybridized carbons (Fsp3) is 0.391. The Balaban J connectivity index is 1.54. The molecule has 0 heterocycles. The topological polar surface area (TPSA) is 41.5 Å². The van der Waals surface area contributed by atoms with Gasteiger partial charge in [0.15, 0.2) is 0 Å². The van der Waals surface area contributed by atoms with Gasteiger partial charge < -0.3 is 0 Å². The van der Waals surface area contributed by atoms with Crippen LogP contribution in [-0.2, 0) is 5.41 Å². The Bertz CT molecular complexity index is 760. The molecule has 3 nitrogen and oxygen atoms in total. The van der Waals surface area contributed by atoms with Gasteiger partial charge in [0.2, 0.25) is 0 Å². The summed E-state index contributed by atoms with van der Waals surface area (Å²) in [6.45, 7) is 6.50. The van der Waals surface area contributed by atoms with Crippen LogP contribution in [0.5, 0.6) is 0 Å². The van der Waals surface area contributed by atoms with Crippen molar-refractivity contribution in [2.24, 2.45) is 5.10 Å². The second kappa shape index (κ2) is 7.86. The smallest absolute Gasteiger partial charge is 0.267 e. The number of hydrogen-bond donors (Lipinski definition) is 1. The van der Waals surface area contributed by atoms with E-state index in [9.17, 15) is 4.79 Å². The summed E-state index contributed by atoms with van der Waals surface area (Å²) in [5, 5.41) is 4.38. The molecule has 0 unspecified atom stereocenters. The average molecular weight is 348 g/mol. The zero-order chi connectivity index (χ0) is 18.6. The minimum absolute atomic E-state index is 0.0899. The van der Waals surface area contributed by atoms with Gasteiger partial charge in [0.25, 0.3) is 5.91 Å². The normalized spacial score (nSPS) is 17.7. The fourth-order valence-electron chi connectivity index (χ4n) is 3.44. The van der Waals surface area contributed by atoms with Crippen LogP contribution in [0, 0.1) is 0 Å². The number of hydrogen-bond acceptors (Lipinski definition) is 2. The molecule has 0 spiro atoms. The zero-order valence-corrected chi connectivity index (χ0v) is 16.0. The van der Waals surface area contributed by atoms with Crippen molar-refractivity contribution in [3.63, 3.8) is 0 Å². The van der Waals surface area contributed by atoms with Crippen LogP contribution in [-0.4, -0.2) is 11.6 Å². The quantitative estimate of drug-likeness (QED) is 0.739. The molecule has 1 saturated carbocycles. The molecule has 2 aromatic carbocycles. The molecule has 1 amide bonds. The average Bonchev–Trinajstić information content (AvgIpc) is 2.66. The largest absolute Gasteiger partial charge is 0.271 e. The molecule has 0 radical (unpaired) electrons. The minimum Gasteiger partial charge on any atom is -0.267 e. The summed E-state index contributed by atoms with van der Waals surface area (Å²) in [5.74, 6) is 0.471. The third-order valence-corrected chi connectivity index (χ3v) is 5.16. The second-order valence-corrected chi connectivity index (χ2v) is 8.13. The maximum Gasteiger partial charge on any atom is 0.271 e. The summed E-state index contributed by atoms with van der Waals surface area (Å²) in [5.41, 5.74) is 7.20. The Morgan fingerprint density at radius 1 is 0.962 bits per heavy atom. The highest BCUT2D eigenvalue weighted by Crippen LogP contribution is 2.31. The van der Waals surface area contributed by atoms with Gasteiger partial charge in [-0.3, -0.25) is 4.79 Å². The molecule has 1 N–H and O–H groups in total. The summed E-state index contributed by atoms with van der Waals surface area (Å²) >= 11 is 0. The Hall–Kier alpha value is -2.42. The van der Waals surface area contributed by atoms with E-state index in [0.717, 1.165) is 31.4 Å². The first-order valence-corrected chi connectivity index (χ1v) is 9.45. The van der Waals surface area contributed by atoms with Crippen LogP contribution in [0.15, 0.2) is 59.7 Å². The van der Waals surface area contributed by atoms with Gasteiger partial charge in [-0.2, -0.15) is 5.10 Å². The van der Waals surface area contributed by atoms with Gasteiger partial charge in [-0.15, -0.1) is 0 Å². The lowest BCUT2D eigenvalue weighted by atomic mass is 9.83. The highest BCUT2D eigenvalue weighted by molar-refractivity contribution is 5.95. The molecule has 0 bridgehead atoms. The monoisotopic (exact) mass is 348 g/mol. The third-order valence-electron chi connectivity index (χ3n) is 5.16. The van der Waals surface area contributed by atoms with Crippen molar-refractivity contribution < 1.29 is 4.79 Å². The number of nitrogens with one attached hydrogen (secondary N) is 1. The van der Waals surface area contributed by atoms with Gasteiger partial charge in [-0.25, -0.2) is 5.43 Å². The van der Waals surface area contributed by atoms with E-state index in [1.807, 2.05) is 24.3 Å². The summed E-state index contributed by atoms with van der Waals surface area (Å²) in [6.07, 6.45) is 4.09. The Morgan fingerprint density at radius 2 is 1.58 bits per heavy atom. The number of rotatable bonds is 3. The number of carbonyl (C=O) groups excluding carboxylic acids is 1. The minimum atomic E-state index is -0.136. The van der Waals surface area contributed by atoms with E-state index in [4.69, 9.17) is 0 Å². The molecule has 2 aromatic rings. The van der Waals surface area contributed by atoms with Crippen molar-refractivity contribution in [2.75, 3.05) is 0 Å². The lowest BCUT2D eigenvalue weighted by molar-refractivity contribution is 0.0954. The molecule has 0 aliphatic heterocycles. The molecule has 0 saturated heterocycles. The number of amides is 1. The summed E-state index contributed by atoms with van der Waals surface area (Å²) in [6, 6.07) is 18.5. The van der Waals surface area contributed by atoms with Crippen molar-refractivity contribution in [1.82, 2.24) is 5.43 Å². The highest BCUT2D eigenvalue weighted by Gasteiger charge is 2.19. The van der Waals surface area contributed by atoms with Crippen LogP contribution < -0.4 is 5.43 Å². The molecule has 1 aliphatic rings. The van der Waals surface area contributed by atoms with E-state index >= 15 is 0 Å². The van der Waals surface area contributed by atoms with E-state index in [-0.39, 0.29) is 11.3 Å². The molecule has 0 atom stereocenters. The van der Waals surface area contributed by atoms with E-state index in [1.54, 1.807) is 0 Å². The van der Waals surface area contributed by atoms with E-state index in [2.05, 4.69) is 61.6 Å². The van der Waals surface area contributed by atoms with Crippen LogP contribution >= 0.6 is 0 Å². The second-order valence-electron chi connectivity index (χ2n) is 8.13. The van der Waals surface area contributed by atoms with Crippen LogP contribution in [0.2, 0.25) is 0 Å². The number of hydrazone groups is 1. The maximum absolute atomic E-state index is 12.3. The number of benzene rings is 2. The SMILES string of the molecule is CC(C)(C)c1ccc(C(=O)NN=C2CCC(c3ccccc3)CC2)cc1. The molecule has 3 heteroatoms. The lowest BCUT2D eigenvalue weighted by Crippen LogP contribution is -2.22. The molecule has 136 valence electrons. The Morgan fingerprint density at radius 3 is 2.15 bits per heavy atom. The molecular formula is C23H28N2O. The summed E-state index contributed by atoms with van der Waals surface area (Å²) in [7, 11) is 0. The first-order valence-electron chi connectivity index (χ1n) is 9.45. The predicted octanol–water partition coefficient (Wildman–Crippen LogP) is 5.43. The summed E-state index contributed by atoms with van der Waals surface area (Å²) < 4.78 is 0. The van der Waals surface area contributed by atoms with Crippen LogP contribution in [0.25, 0.3) is 0 Å². The molecular weight excluding hydrogens is 320 g/mol. The first-order chi connectivity index (χ1) is 12.4. The third kappa shape index (κ3) is 4.60. The van der Waals surface area contributed by atoms with Gasteiger partial charge in [0.05, 0.1) is 0 Å². The van der Waals surface area contributed by atoms with Crippen molar-refractivity contribution in [2.45, 2.75) is 57.8 Å². The van der Waals surface area contributed by atoms with E-state index < -0.39 is 0 Å². The van der Waals surface area contributed by atoms with Crippen LogP contribution in [0.3, 0.4) is 0 Å². The molecule has 3 rings (SSSR count). The number of nitrogens with zero attached hydrogens (tertiary/aromatic N) is 1. The zero-order valence-electron chi connectivity index (χ0n) is 16.0. The van der Waals surface area contributed by atoms with E-state index in [1.165, 1.54) is 11.1 Å². The van der Waals surface area contributed by atoms with Crippen molar-refractivity contribution in [3.8, 4) is 0 Å². The van der Waals surface area contributed by atoms with Gasteiger partial charge in [-0.05, 0) is 60.3 Å². The predicted molar refractivity (Wildman–Crippen MR) is 108 cm³/mol. The van der Waals surface area contributed by atoms with Gasteiger partial charge in [0.1, 0.15) is 0 Å². The van der Waals surface area contributed by atoms with E-state index in [0.29, 0.717) is 11.5 Å². The van der Waals surface area contributed by atoms with Gasteiger partial charge >= 0.3 is 0 Å². The Kier molecular flexibility index (Phi) is 5.55. The van der Waals surface area contributed by atoms with Crippen molar-refractivity contribution >= 4 is 11.6 Å². The fourth-order valence-corrected chi connectivity index (χ4v) is 3.44. The van der Waals surface area contributed by atoms with Gasteiger partial charge in [0, 0.05) is 11.3 Å². The molecule has 1 fully saturated rings. The number of carbonyl (C=O) groups is 1. The molecule has 0 aromatic heterocycles. The summed E-state index contributed by atoms with van der Waals surface area (Å²) in [4.78, 5) is 12.3. The Labute approximate surface area is 156 Å². The lowest BCUT2D eigenvalue weighted by Gasteiger charge is -2.23.